The first-order valence-electron chi connectivity index (χ1n) is 9.30. The maximum Gasteiger partial charge on any atom is 0.341 e. The molecule has 0 aliphatic carbocycles. The molecule has 0 radical (unpaired) electrons. The van der Waals surface area contributed by atoms with Crippen LogP contribution < -0.4 is 10.6 Å². The van der Waals surface area contributed by atoms with E-state index in [0.29, 0.717) is 10.7 Å². The van der Waals surface area contributed by atoms with Crippen LogP contribution in [0.1, 0.15) is 79.6 Å². The van der Waals surface area contributed by atoms with Gasteiger partial charge in [-0.2, -0.15) is 0 Å². The molecule has 0 saturated carbocycles. The Morgan fingerprint density at radius 3 is 2.36 bits per heavy atom. The first kappa shape index (κ1) is 21.9. The highest BCUT2D eigenvalue weighted by atomic mass is 32.1. The quantitative estimate of drug-likeness (QED) is 0.302. The summed E-state index contributed by atoms with van der Waals surface area (Å²) < 4.78 is 4.93. The Balaban J connectivity index is 2.43. The number of ether oxygens (including phenoxy) is 1. The lowest BCUT2D eigenvalue weighted by atomic mass is 10.1. The van der Waals surface area contributed by atoms with Crippen LogP contribution >= 0.6 is 23.6 Å². The number of rotatable bonds is 11. The summed E-state index contributed by atoms with van der Waals surface area (Å²) in [5, 5.41) is 7.76. The SMILES string of the molecule is CCCCCCCCCNC(=S)Nc1sc(C)c(CC)c1C(=O)OC. The van der Waals surface area contributed by atoms with Crippen molar-refractivity contribution >= 4 is 39.6 Å². The number of unbranched alkanes of at least 4 members (excludes halogenated alkanes) is 6. The van der Waals surface area contributed by atoms with E-state index in [0.717, 1.165) is 34.8 Å². The third-order valence-corrected chi connectivity index (χ3v) is 5.55. The van der Waals surface area contributed by atoms with Crippen LogP contribution in [0.25, 0.3) is 0 Å². The molecule has 2 N–H and O–H groups in total. The van der Waals surface area contributed by atoms with Crippen LogP contribution in [0.2, 0.25) is 0 Å². The molecule has 1 heterocycles. The average molecular weight is 385 g/mol. The van der Waals surface area contributed by atoms with Crippen LogP contribution in [-0.4, -0.2) is 24.7 Å². The van der Waals surface area contributed by atoms with E-state index in [9.17, 15) is 4.79 Å². The van der Waals surface area contributed by atoms with Crippen molar-refractivity contribution in [2.75, 3.05) is 19.0 Å². The highest BCUT2D eigenvalue weighted by molar-refractivity contribution is 7.80. The van der Waals surface area contributed by atoms with Gasteiger partial charge in [0.1, 0.15) is 5.00 Å². The Hall–Kier alpha value is -1.14. The van der Waals surface area contributed by atoms with Crippen molar-refractivity contribution < 1.29 is 9.53 Å². The zero-order chi connectivity index (χ0) is 18.7. The number of esters is 1. The van der Waals surface area contributed by atoms with Gasteiger partial charge in [-0.05, 0) is 37.5 Å². The van der Waals surface area contributed by atoms with Gasteiger partial charge in [0.2, 0.25) is 0 Å². The van der Waals surface area contributed by atoms with Crippen molar-refractivity contribution in [2.45, 2.75) is 72.1 Å². The molecule has 0 bridgehead atoms. The van der Waals surface area contributed by atoms with E-state index < -0.39 is 0 Å². The van der Waals surface area contributed by atoms with Crippen LogP contribution in [0.3, 0.4) is 0 Å². The summed E-state index contributed by atoms with van der Waals surface area (Å²) in [5.74, 6) is -0.307. The van der Waals surface area contributed by atoms with Crippen molar-refractivity contribution in [3.05, 3.63) is 16.0 Å². The molecule has 0 amide bonds. The molecular weight excluding hydrogens is 352 g/mol. The predicted molar refractivity (Wildman–Crippen MR) is 112 cm³/mol. The molecule has 0 aliphatic rings. The summed E-state index contributed by atoms with van der Waals surface area (Å²) in [6, 6.07) is 0. The molecule has 1 aromatic heterocycles. The second-order valence-corrected chi connectivity index (χ2v) is 7.82. The van der Waals surface area contributed by atoms with E-state index in [2.05, 4.69) is 17.6 Å². The molecule has 0 fully saturated rings. The molecule has 142 valence electrons. The summed E-state index contributed by atoms with van der Waals surface area (Å²) in [4.78, 5) is 13.2. The molecule has 0 unspecified atom stereocenters. The Morgan fingerprint density at radius 2 is 1.76 bits per heavy atom. The van der Waals surface area contributed by atoms with Crippen LogP contribution in [-0.2, 0) is 11.2 Å². The van der Waals surface area contributed by atoms with E-state index in [1.165, 1.54) is 45.6 Å². The van der Waals surface area contributed by atoms with Gasteiger partial charge in [0, 0.05) is 11.4 Å². The fraction of sp³-hybridized carbons (Fsp3) is 0.684. The van der Waals surface area contributed by atoms with Gasteiger partial charge in [0.05, 0.1) is 12.7 Å². The third kappa shape index (κ3) is 7.32. The molecular formula is C19H32N2O2S2. The summed E-state index contributed by atoms with van der Waals surface area (Å²) >= 11 is 6.93. The smallest absolute Gasteiger partial charge is 0.341 e. The normalized spacial score (nSPS) is 10.6. The number of aryl methyl sites for hydroxylation is 1. The standard InChI is InChI=1S/C19H32N2O2S2/c1-5-7-8-9-10-11-12-13-20-19(24)21-17-16(18(22)23-4)15(6-2)14(3)25-17/h5-13H2,1-4H3,(H2,20,21,24). The minimum Gasteiger partial charge on any atom is -0.465 e. The van der Waals surface area contributed by atoms with E-state index in [-0.39, 0.29) is 5.97 Å². The minimum atomic E-state index is -0.307. The Kier molecular flexibility index (Phi) is 10.7. The molecule has 0 saturated heterocycles. The van der Waals surface area contributed by atoms with Gasteiger partial charge in [-0.1, -0.05) is 52.4 Å². The molecule has 1 rings (SSSR count). The van der Waals surface area contributed by atoms with E-state index >= 15 is 0 Å². The maximum atomic E-state index is 12.1. The van der Waals surface area contributed by atoms with E-state index in [4.69, 9.17) is 17.0 Å². The van der Waals surface area contributed by atoms with E-state index in [1.54, 1.807) is 11.3 Å². The van der Waals surface area contributed by atoms with Gasteiger partial charge in [0.25, 0.3) is 0 Å². The van der Waals surface area contributed by atoms with Crippen molar-refractivity contribution in [3.8, 4) is 0 Å². The van der Waals surface area contributed by atoms with Crippen molar-refractivity contribution in [3.63, 3.8) is 0 Å². The van der Waals surface area contributed by atoms with Crippen LogP contribution in [0.4, 0.5) is 5.00 Å². The number of thiocarbonyl (C=S) groups is 1. The molecule has 0 aliphatic heterocycles. The summed E-state index contributed by atoms with van der Waals surface area (Å²) in [6.45, 7) is 7.17. The zero-order valence-electron chi connectivity index (χ0n) is 16.0. The molecule has 0 spiro atoms. The van der Waals surface area contributed by atoms with E-state index in [1.807, 2.05) is 13.8 Å². The molecule has 1 aromatic rings. The molecule has 4 nitrogen and oxygen atoms in total. The van der Waals surface area contributed by atoms with Crippen LogP contribution in [0.15, 0.2) is 0 Å². The summed E-state index contributed by atoms with van der Waals surface area (Å²) in [7, 11) is 1.41. The number of carbonyl (C=O) groups is 1. The molecule has 25 heavy (non-hydrogen) atoms. The number of anilines is 1. The lowest BCUT2D eigenvalue weighted by Gasteiger charge is -2.11. The van der Waals surface area contributed by atoms with Gasteiger partial charge >= 0.3 is 5.97 Å². The summed E-state index contributed by atoms with van der Waals surface area (Å²) in [6.07, 6.45) is 9.73. The Morgan fingerprint density at radius 1 is 1.12 bits per heavy atom. The molecule has 0 aromatic carbocycles. The second kappa shape index (κ2) is 12.3. The van der Waals surface area contributed by atoms with Crippen LogP contribution in [0.5, 0.6) is 0 Å². The highest BCUT2D eigenvalue weighted by Gasteiger charge is 2.22. The number of methoxy groups -OCH3 is 1. The number of hydrogen-bond donors (Lipinski definition) is 2. The number of thiophene rings is 1. The number of carbonyl (C=O) groups excluding carboxylic acids is 1. The fourth-order valence-electron chi connectivity index (χ4n) is 2.84. The summed E-state index contributed by atoms with van der Waals surface area (Å²) in [5.41, 5.74) is 1.65. The maximum absolute atomic E-state index is 12.1. The van der Waals surface area contributed by atoms with Gasteiger partial charge < -0.3 is 15.4 Å². The fourth-order valence-corrected chi connectivity index (χ4v) is 4.25. The molecule has 0 atom stereocenters. The van der Waals surface area contributed by atoms with Gasteiger partial charge in [0.15, 0.2) is 5.11 Å². The van der Waals surface area contributed by atoms with Crippen molar-refractivity contribution in [1.29, 1.82) is 0 Å². The van der Waals surface area contributed by atoms with Gasteiger partial charge in [-0.25, -0.2) is 4.79 Å². The Bertz CT molecular complexity index is 556. The topological polar surface area (TPSA) is 50.4 Å². The second-order valence-electron chi connectivity index (χ2n) is 6.19. The molecule has 6 heteroatoms. The van der Waals surface area contributed by atoms with Gasteiger partial charge in [-0.15, -0.1) is 11.3 Å². The highest BCUT2D eigenvalue weighted by Crippen LogP contribution is 2.33. The lowest BCUT2D eigenvalue weighted by Crippen LogP contribution is -2.29. The van der Waals surface area contributed by atoms with Crippen molar-refractivity contribution in [1.82, 2.24) is 5.32 Å². The van der Waals surface area contributed by atoms with Gasteiger partial charge in [-0.3, -0.25) is 0 Å². The predicted octanol–water partition coefficient (Wildman–Crippen LogP) is 5.44. The monoisotopic (exact) mass is 384 g/mol. The van der Waals surface area contributed by atoms with Crippen molar-refractivity contribution in [2.24, 2.45) is 0 Å². The number of hydrogen-bond acceptors (Lipinski definition) is 4. The minimum absolute atomic E-state index is 0.307. The number of nitrogens with one attached hydrogen (secondary N) is 2. The van der Waals surface area contributed by atoms with Crippen LogP contribution in [0, 0.1) is 6.92 Å². The lowest BCUT2D eigenvalue weighted by molar-refractivity contribution is 0.0601. The average Bonchev–Trinajstić information content (AvgIpc) is 2.91. The Labute approximate surface area is 161 Å². The largest absolute Gasteiger partial charge is 0.465 e. The third-order valence-electron chi connectivity index (χ3n) is 4.24. The first-order valence-corrected chi connectivity index (χ1v) is 10.5. The zero-order valence-corrected chi connectivity index (χ0v) is 17.6. The first-order chi connectivity index (χ1) is 12.0.